The van der Waals surface area contributed by atoms with Crippen LogP contribution in [0.3, 0.4) is 0 Å². The van der Waals surface area contributed by atoms with E-state index in [1.807, 2.05) is 0 Å². The van der Waals surface area contributed by atoms with E-state index in [9.17, 15) is 8.78 Å². The summed E-state index contributed by atoms with van der Waals surface area (Å²) in [5.74, 6) is -1.57. The van der Waals surface area contributed by atoms with Crippen LogP contribution in [0.15, 0.2) is 18.2 Å². The highest BCUT2D eigenvalue weighted by molar-refractivity contribution is 5.20. The highest BCUT2D eigenvalue weighted by atomic mass is 19.2. The molecule has 1 aromatic carbocycles. The first-order valence-electron chi connectivity index (χ1n) is 7.06. The minimum Gasteiger partial charge on any atom is -0.381 e. The Bertz CT molecular complexity index is 462. The highest BCUT2D eigenvalue weighted by Crippen LogP contribution is 2.33. The van der Waals surface area contributed by atoms with Gasteiger partial charge in [-0.1, -0.05) is 6.07 Å². The van der Waals surface area contributed by atoms with E-state index >= 15 is 0 Å². The van der Waals surface area contributed by atoms with Crippen molar-refractivity contribution in [2.24, 2.45) is 5.41 Å². The molecule has 1 heterocycles. The first-order chi connectivity index (χ1) is 9.30. The fourth-order valence-corrected chi connectivity index (χ4v) is 2.53. The molecule has 0 saturated carbocycles. The first-order valence-corrected chi connectivity index (χ1v) is 7.06. The van der Waals surface area contributed by atoms with Crippen molar-refractivity contribution in [3.8, 4) is 0 Å². The van der Waals surface area contributed by atoms with E-state index in [1.165, 1.54) is 12.1 Å². The van der Waals surface area contributed by atoms with Crippen molar-refractivity contribution in [3.05, 3.63) is 35.4 Å². The summed E-state index contributed by atoms with van der Waals surface area (Å²) in [6.07, 6.45) is 1.64. The van der Waals surface area contributed by atoms with Gasteiger partial charge in [0.2, 0.25) is 0 Å². The van der Waals surface area contributed by atoms with Gasteiger partial charge in [0.1, 0.15) is 0 Å². The number of hydrogen-bond donors (Lipinski definition) is 1. The second-order valence-electron chi connectivity index (χ2n) is 6.83. The summed E-state index contributed by atoms with van der Waals surface area (Å²) in [6.45, 7) is 8.57. The molecule has 0 spiro atoms. The van der Waals surface area contributed by atoms with Gasteiger partial charge >= 0.3 is 0 Å². The zero-order chi connectivity index (χ0) is 14.8. The lowest BCUT2D eigenvalue weighted by Gasteiger charge is -2.32. The average molecular weight is 283 g/mol. The molecule has 2 rings (SSSR count). The third-order valence-corrected chi connectivity index (χ3v) is 3.74. The first kappa shape index (κ1) is 15.4. The molecule has 0 aliphatic carbocycles. The molecule has 2 nitrogen and oxygen atoms in total. The molecule has 1 saturated heterocycles. The summed E-state index contributed by atoms with van der Waals surface area (Å²) in [5, 5.41) is 3.50. The fourth-order valence-electron chi connectivity index (χ4n) is 2.53. The van der Waals surface area contributed by atoms with E-state index in [2.05, 4.69) is 26.1 Å². The average Bonchev–Trinajstić information content (AvgIpc) is 2.80. The summed E-state index contributed by atoms with van der Waals surface area (Å²) in [6, 6.07) is 4.16. The molecular formula is C16H23F2NO. The lowest BCUT2D eigenvalue weighted by molar-refractivity contribution is 0.144. The Morgan fingerprint density at radius 3 is 2.55 bits per heavy atom. The standard InChI is InChI=1S/C16H23F2NO/c1-15(2,3)19-10-16(6-7-20-11-16)9-12-4-5-13(17)14(18)8-12/h4-5,8,19H,6-7,9-11H2,1-3H3. The van der Waals surface area contributed by atoms with Crippen molar-refractivity contribution in [1.82, 2.24) is 5.32 Å². The van der Waals surface area contributed by atoms with Gasteiger partial charge in [0.15, 0.2) is 11.6 Å². The van der Waals surface area contributed by atoms with Gasteiger partial charge in [-0.2, -0.15) is 0 Å². The van der Waals surface area contributed by atoms with Gasteiger partial charge < -0.3 is 10.1 Å². The fraction of sp³-hybridized carbons (Fsp3) is 0.625. The lowest BCUT2D eigenvalue weighted by atomic mass is 9.80. The summed E-state index contributed by atoms with van der Waals surface area (Å²) >= 11 is 0. The maximum Gasteiger partial charge on any atom is 0.159 e. The minimum absolute atomic E-state index is 0.0302. The Labute approximate surface area is 119 Å². The molecule has 0 radical (unpaired) electrons. The molecule has 1 aliphatic rings. The van der Waals surface area contributed by atoms with E-state index in [4.69, 9.17) is 4.74 Å². The zero-order valence-electron chi connectivity index (χ0n) is 12.4. The molecule has 0 bridgehead atoms. The minimum atomic E-state index is -0.793. The van der Waals surface area contributed by atoms with Crippen molar-refractivity contribution in [3.63, 3.8) is 0 Å². The van der Waals surface area contributed by atoms with E-state index < -0.39 is 11.6 Å². The molecule has 1 atom stereocenters. The predicted molar refractivity (Wildman–Crippen MR) is 75.7 cm³/mol. The van der Waals surface area contributed by atoms with Crippen LogP contribution in [0, 0.1) is 17.0 Å². The lowest BCUT2D eigenvalue weighted by Crippen LogP contribution is -2.45. The monoisotopic (exact) mass is 283 g/mol. The Morgan fingerprint density at radius 1 is 1.25 bits per heavy atom. The summed E-state index contributed by atoms with van der Waals surface area (Å²) in [7, 11) is 0. The van der Waals surface area contributed by atoms with Crippen LogP contribution in [-0.2, 0) is 11.2 Å². The normalized spacial score (nSPS) is 23.2. The van der Waals surface area contributed by atoms with Gasteiger partial charge in [-0.15, -0.1) is 0 Å². The van der Waals surface area contributed by atoms with Gasteiger partial charge in [-0.05, 0) is 51.3 Å². The molecule has 0 amide bonds. The van der Waals surface area contributed by atoms with E-state index in [1.54, 1.807) is 6.07 Å². The van der Waals surface area contributed by atoms with Crippen LogP contribution in [0.4, 0.5) is 8.78 Å². The maximum absolute atomic E-state index is 13.3. The van der Waals surface area contributed by atoms with Gasteiger partial charge in [0, 0.05) is 24.1 Å². The number of hydrogen-bond acceptors (Lipinski definition) is 2. The highest BCUT2D eigenvalue weighted by Gasteiger charge is 2.36. The number of benzene rings is 1. The van der Waals surface area contributed by atoms with Gasteiger partial charge in [-0.3, -0.25) is 0 Å². The van der Waals surface area contributed by atoms with Crippen LogP contribution in [0.2, 0.25) is 0 Å². The molecule has 1 unspecified atom stereocenters. The zero-order valence-corrected chi connectivity index (χ0v) is 12.4. The summed E-state index contributed by atoms with van der Waals surface area (Å²) in [5.41, 5.74) is 0.825. The van der Waals surface area contributed by atoms with E-state index in [-0.39, 0.29) is 11.0 Å². The maximum atomic E-state index is 13.3. The third kappa shape index (κ3) is 4.00. The Kier molecular flexibility index (Phi) is 4.45. The number of ether oxygens (including phenoxy) is 1. The Hall–Kier alpha value is -1.00. The number of nitrogens with one attached hydrogen (secondary N) is 1. The molecule has 1 fully saturated rings. The van der Waals surface area contributed by atoms with Gasteiger partial charge in [0.05, 0.1) is 6.61 Å². The van der Waals surface area contributed by atoms with Gasteiger partial charge in [0.25, 0.3) is 0 Å². The molecule has 1 N–H and O–H groups in total. The van der Waals surface area contributed by atoms with Gasteiger partial charge in [-0.25, -0.2) is 8.78 Å². The quantitative estimate of drug-likeness (QED) is 0.915. The van der Waals surface area contributed by atoms with Crippen LogP contribution in [0.25, 0.3) is 0 Å². The molecule has 20 heavy (non-hydrogen) atoms. The van der Waals surface area contributed by atoms with Crippen LogP contribution in [0.5, 0.6) is 0 Å². The van der Waals surface area contributed by atoms with Crippen LogP contribution >= 0.6 is 0 Å². The SMILES string of the molecule is CC(C)(C)NCC1(Cc2ccc(F)c(F)c2)CCOC1. The summed E-state index contributed by atoms with van der Waals surface area (Å²) < 4.78 is 31.9. The molecule has 4 heteroatoms. The van der Waals surface area contributed by atoms with Crippen molar-refractivity contribution in [1.29, 1.82) is 0 Å². The third-order valence-electron chi connectivity index (χ3n) is 3.74. The van der Waals surface area contributed by atoms with Crippen molar-refractivity contribution in [2.45, 2.75) is 39.2 Å². The second-order valence-corrected chi connectivity index (χ2v) is 6.83. The van der Waals surface area contributed by atoms with E-state index in [0.29, 0.717) is 13.0 Å². The molecule has 112 valence electrons. The largest absolute Gasteiger partial charge is 0.381 e. The number of rotatable bonds is 4. The number of halogens is 2. The van der Waals surface area contributed by atoms with E-state index in [0.717, 1.165) is 25.1 Å². The molecular weight excluding hydrogens is 260 g/mol. The van der Waals surface area contributed by atoms with Crippen LogP contribution in [0.1, 0.15) is 32.8 Å². The van der Waals surface area contributed by atoms with Crippen molar-refractivity contribution in [2.75, 3.05) is 19.8 Å². The molecule has 1 aliphatic heterocycles. The Morgan fingerprint density at radius 2 is 2.00 bits per heavy atom. The van der Waals surface area contributed by atoms with Crippen molar-refractivity contribution >= 4 is 0 Å². The molecule has 1 aromatic rings. The van der Waals surface area contributed by atoms with Crippen molar-refractivity contribution < 1.29 is 13.5 Å². The Balaban J connectivity index is 2.10. The topological polar surface area (TPSA) is 21.3 Å². The summed E-state index contributed by atoms with van der Waals surface area (Å²) in [4.78, 5) is 0. The smallest absolute Gasteiger partial charge is 0.159 e. The second kappa shape index (κ2) is 5.78. The predicted octanol–water partition coefficient (Wildman–Crippen LogP) is 3.30. The van der Waals surface area contributed by atoms with Crippen LogP contribution in [-0.4, -0.2) is 25.3 Å². The molecule has 0 aromatic heterocycles. The van der Waals surface area contributed by atoms with Crippen LogP contribution < -0.4 is 5.32 Å².